The van der Waals surface area contributed by atoms with E-state index in [9.17, 15) is 4.79 Å². The van der Waals surface area contributed by atoms with E-state index < -0.39 is 5.97 Å². The highest BCUT2D eigenvalue weighted by Gasteiger charge is 2.14. The molecule has 1 aliphatic rings. The molecule has 1 atom stereocenters. The molecule has 1 aromatic rings. The molecule has 1 aromatic heterocycles. The standard InChI is InChI=1S/C13H19N3O2/c1-10(9-16-6-2-3-7-16)15-11-4-5-14-12(8-11)13(17)18/h4-5,8,10H,2-3,6-7,9H2,1H3,(H,14,15)(H,17,18). The number of aromatic nitrogens is 1. The summed E-state index contributed by atoms with van der Waals surface area (Å²) >= 11 is 0. The highest BCUT2D eigenvalue weighted by molar-refractivity contribution is 5.86. The summed E-state index contributed by atoms with van der Waals surface area (Å²) in [6.45, 7) is 5.44. The average molecular weight is 249 g/mol. The van der Waals surface area contributed by atoms with Gasteiger partial charge in [-0.3, -0.25) is 0 Å². The van der Waals surface area contributed by atoms with Crippen LogP contribution in [0.25, 0.3) is 0 Å². The molecule has 1 fully saturated rings. The van der Waals surface area contributed by atoms with Crippen LogP contribution in [0.4, 0.5) is 5.69 Å². The zero-order chi connectivity index (χ0) is 13.0. The number of rotatable bonds is 5. The van der Waals surface area contributed by atoms with Crippen molar-refractivity contribution in [3.05, 3.63) is 24.0 Å². The Kier molecular flexibility index (Phi) is 4.15. The SMILES string of the molecule is CC(CN1CCCC1)Nc1ccnc(C(=O)O)c1. The van der Waals surface area contributed by atoms with Crippen LogP contribution in [0.15, 0.2) is 18.3 Å². The van der Waals surface area contributed by atoms with Gasteiger partial charge >= 0.3 is 5.97 Å². The molecule has 0 radical (unpaired) electrons. The molecule has 5 nitrogen and oxygen atoms in total. The summed E-state index contributed by atoms with van der Waals surface area (Å²) in [7, 11) is 0. The summed E-state index contributed by atoms with van der Waals surface area (Å²) in [5.74, 6) is -0.995. The van der Waals surface area contributed by atoms with Crippen molar-refractivity contribution in [2.75, 3.05) is 25.0 Å². The van der Waals surface area contributed by atoms with Gasteiger partial charge in [0.2, 0.25) is 0 Å². The lowest BCUT2D eigenvalue weighted by Crippen LogP contribution is -2.33. The maximum absolute atomic E-state index is 10.8. The van der Waals surface area contributed by atoms with Crippen molar-refractivity contribution in [3.63, 3.8) is 0 Å². The Hall–Kier alpha value is -1.62. The van der Waals surface area contributed by atoms with E-state index in [0.717, 1.165) is 12.2 Å². The normalized spacial score (nSPS) is 17.6. The van der Waals surface area contributed by atoms with Crippen LogP contribution in [-0.4, -0.2) is 46.6 Å². The predicted molar refractivity (Wildman–Crippen MR) is 70.0 cm³/mol. The lowest BCUT2D eigenvalue weighted by molar-refractivity contribution is 0.0690. The minimum atomic E-state index is -0.995. The number of nitrogens with zero attached hydrogens (tertiary/aromatic N) is 2. The molecule has 0 saturated carbocycles. The number of nitrogens with one attached hydrogen (secondary N) is 1. The highest BCUT2D eigenvalue weighted by atomic mass is 16.4. The monoisotopic (exact) mass is 249 g/mol. The first-order valence-electron chi connectivity index (χ1n) is 6.33. The van der Waals surface area contributed by atoms with Crippen LogP contribution < -0.4 is 5.32 Å². The smallest absolute Gasteiger partial charge is 0.354 e. The van der Waals surface area contributed by atoms with Crippen LogP contribution >= 0.6 is 0 Å². The molecule has 0 amide bonds. The van der Waals surface area contributed by atoms with Crippen LogP contribution in [0.1, 0.15) is 30.3 Å². The van der Waals surface area contributed by atoms with Gasteiger partial charge in [-0.25, -0.2) is 9.78 Å². The minimum absolute atomic E-state index is 0.0772. The third kappa shape index (κ3) is 3.43. The first-order valence-corrected chi connectivity index (χ1v) is 6.33. The van der Waals surface area contributed by atoms with Crippen LogP contribution in [-0.2, 0) is 0 Å². The van der Waals surface area contributed by atoms with Gasteiger partial charge in [0.1, 0.15) is 5.69 Å². The summed E-state index contributed by atoms with van der Waals surface area (Å²) in [5.41, 5.74) is 0.891. The number of carboxylic acids is 1. The number of hydrogen-bond acceptors (Lipinski definition) is 4. The van der Waals surface area contributed by atoms with E-state index in [1.54, 1.807) is 12.1 Å². The molecule has 2 rings (SSSR count). The molecule has 0 bridgehead atoms. The second kappa shape index (κ2) is 5.82. The topological polar surface area (TPSA) is 65.5 Å². The number of anilines is 1. The zero-order valence-corrected chi connectivity index (χ0v) is 10.6. The fraction of sp³-hybridized carbons (Fsp3) is 0.538. The fourth-order valence-electron chi connectivity index (χ4n) is 2.32. The van der Waals surface area contributed by atoms with Crippen LogP contribution in [0.2, 0.25) is 0 Å². The predicted octanol–water partition coefficient (Wildman–Crippen LogP) is 1.68. The van der Waals surface area contributed by atoms with Crippen LogP contribution in [0, 0.1) is 0 Å². The first kappa shape index (κ1) is 12.8. The molecule has 0 spiro atoms. The summed E-state index contributed by atoms with van der Waals surface area (Å²) in [6, 6.07) is 3.67. The van der Waals surface area contributed by atoms with Gasteiger partial charge in [0, 0.05) is 24.5 Å². The van der Waals surface area contributed by atoms with Gasteiger partial charge < -0.3 is 15.3 Å². The van der Waals surface area contributed by atoms with E-state index in [1.165, 1.54) is 32.1 Å². The van der Waals surface area contributed by atoms with Gasteiger partial charge in [0.15, 0.2) is 0 Å². The van der Waals surface area contributed by atoms with E-state index in [1.807, 2.05) is 0 Å². The van der Waals surface area contributed by atoms with Crippen molar-refractivity contribution in [1.29, 1.82) is 0 Å². The molecule has 0 aliphatic carbocycles. The van der Waals surface area contributed by atoms with E-state index in [0.29, 0.717) is 6.04 Å². The molecule has 98 valence electrons. The number of likely N-dealkylation sites (tertiary alicyclic amines) is 1. The third-order valence-corrected chi connectivity index (χ3v) is 3.12. The summed E-state index contributed by atoms with van der Waals surface area (Å²) < 4.78 is 0. The molecule has 1 aliphatic heterocycles. The molecule has 5 heteroatoms. The van der Waals surface area contributed by atoms with Crippen molar-refractivity contribution in [3.8, 4) is 0 Å². The number of aromatic carboxylic acids is 1. The lowest BCUT2D eigenvalue weighted by Gasteiger charge is -2.22. The molecule has 1 unspecified atom stereocenters. The van der Waals surface area contributed by atoms with E-state index >= 15 is 0 Å². The maximum atomic E-state index is 10.8. The second-order valence-electron chi connectivity index (χ2n) is 4.79. The van der Waals surface area contributed by atoms with Crippen molar-refractivity contribution >= 4 is 11.7 Å². The van der Waals surface area contributed by atoms with E-state index in [2.05, 4.69) is 22.1 Å². The summed E-state index contributed by atoms with van der Waals surface area (Å²) in [5, 5.41) is 12.2. The van der Waals surface area contributed by atoms with Gasteiger partial charge in [-0.2, -0.15) is 0 Å². The van der Waals surface area contributed by atoms with Gasteiger partial charge in [-0.05, 0) is 45.0 Å². The van der Waals surface area contributed by atoms with Crippen LogP contribution in [0.3, 0.4) is 0 Å². The number of hydrogen-bond donors (Lipinski definition) is 2. The largest absolute Gasteiger partial charge is 0.477 e. The Morgan fingerprint density at radius 1 is 1.56 bits per heavy atom. The minimum Gasteiger partial charge on any atom is -0.477 e. The highest BCUT2D eigenvalue weighted by Crippen LogP contribution is 2.12. The number of carbonyl (C=O) groups is 1. The molecule has 2 heterocycles. The Bertz CT molecular complexity index is 416. The average Bonchev–Trinajstić information content (AvgIpc) is 2.82. The van der Waals surface area contributed by atoms with E-state index in [4.69, 9.17) is 5.11 Å². The van der Waals surface area contributed by atoms with Gasteiger partial charge in [0.25, 0.3) is 0 Å². The quantitative estimate of drug-likeness (QED) is 0.831. The summed E-state index contributed by atoms with van der Waals surface area (Å²) in [6.07, 6.45) is 4.09. The van der Waals surface area contributed by atoms with Gasteiger partial charge in [-0.1, -0.05) is 0 Å². The van der Waals surface area contributed by atoms with E-state index in [-0.39, 0.29) is 5.69 Å². The van der Waals surface area contributed by atoms with Crippen LogP contribution in [0.5, 0.6) is 0 Å². The summed E-state index contributed by atoms with van der Waals surface area (Å²) in [4.78, 5) is 17.0. The zero-order valence-electron chi connectivity index (χ0n) is 10.6. The first-order chi connectivity index (χ1) is 8.65. The second-order valence-corrected chi connectivity index (χ2v) is 4.79. The Labute approximate surface area is 107 Å². The molecule has 1 saturated heterocycles. The fourth-order valence-corrected chi connectivity index (χ4v) is 2.32. The van der Waals surface area contributed by atoms with Gasteiger partial charge in [0.05, 0.1) is 0 Å². The van der Waals surface area contributed by atoms with Crippen molar-refractivity contribution in [2.45, 2.75) is 25.8 Å². The Balaban J connectivity index is 1.91. The molecular formula is C13H19N3O2. The Morgan fingerprint density at radius 3 is 2.94 bits per heavy atom. The molecule has 2 N–H and O–H groups in total. The van der Waals surface area contributed by atoms with Gasteiger partial charge in [-0.15, -0.1) is 0 Å². The Morgan fingerprint density at radius 2 is 2.28 bits per heavy atom. The van der Waals surface area contributed by atoms with Crippen molar-refractivity contribution < 1.29 is 9.90 Å². The number of pyridine rings is 1. The lowest BCUT2D eigenvalue weighted by atomic mass is 10.2. The third-order valence-electron chi connectivity index (χ3n) is 3.12. The molecular weight excluding hydrogens is 230 g/mol. The molecule has 0 aromatic carbocycles. The molecule has 18 heavy (non-hydrogen) atoms. The van der Waals surface area contributed by atoms with Crippen molar-refractivity contribution in [1.82, 2.24) is 9.88 Å². The number of carboxylic acid groups (broad SMARTS) is 1. The maximum Gasteiger partial charge on any atom is 0.354 e. The van der Waals surface area contributed by atoms with Crippen molar-refractivity contribution in [2.24, 2.45) is 0 Å².